The molecule has 0 amide bonds. The third-order valence-electron chi connectivity index (χ3n) is 4.25. The van der Waals surface area contributed by atoms with Gasteiger partial charge in [0.1, 0.15) is 17.2 Å². The molecule has 3 aromatic rings. The number of rotatable bonds is 4. The maximum Gasteiger partial charge on any atom is 0.170 e. The molecule has 0 aliphatic carbocycles. The van der Waals surface area contributed by atoms with Crippen molar-refractivity contribution in [2.75, 3.05) is 0 Å². The molecule has 3 aromatic carbocycles. The van der Waals surface area contributed by atoms with Gasteiger partial charge in [-0.05, 0) is 35.4 Å². The van der Waals surface area contributed by atoms with E-state index < -0.39 is 5.92 Å². The molecule has 1 unspecified atom stereocenters. The molecule has 0 bridgehead atoms. The van der Waals surface area contributed by atoms with E-state index in [1.54, 1.807) is 54.6 Å². The van der Waals surface area contributed by atoms with Crippen LogP contribution in [0.15, 0.2) is 66.7 Å². The van der Waals surface area contributed by atoms with Gasteiger partial charge in [-0.2, -0.15) is 0 Å². The molecule has 0 fully saturated rings. The first kappa shape index (κ1) is 16.6. The van der Waals surface area contributed by atoms with E-state index >= 15 is 0 Å². The average Bonchev–Trinajstić information content (AvgIpc) is 2.61. The Morgan fingerprint density at radius 2 is 1.44 bits per heavy atom. The highest BCUT2D eigenvalue weighted by atomic mass is 16.3. The zero-order chi connectivity index (χ0) is 18.0. The van der Waals surface area contributed by atoms with Crippen LogP contribution in [0.1, 0.15) is 28.8 Å². The Morgan fingerprint density at radius 1 is 0.800 bits per heavy atom. The van der Waals surface area contributed by atoms with Crippen LogP contribution in [0.25, 0.3) is 11.1 Å². The lowest BCUT2D eigenvalue weighted by Crippen LogP contribution is -2.11. The first-order chi connectivity index (χ1) is 12.0. The van der Waals surface area contributed by atoms with Crippen molar-refractivity contribution in [3.05, 3.63) is 77.9 Å². The number of Topliss-reactive ketones (excluding diaryl/α,β-unsaturated/α-hetero) is 1. The van der Waals surface area contributed by atoms with Crippen molar-refractivity contribution >= 4 is 5.78 Å². The van der Waals surface area contributed by atoms with Crippen LogP contribution in [-0.4, -0.2) is 21.1 Å². The monoisotopic (exact) mass is 334 g/mol. The summed E-state index contributed by atoms with van der Waals surface area (Å²) < 4.78 is 0. The Hall–Kier alpha value is -3.27. The van der Waals surface area contributed by atoms with Crippen molar-refractivity contribution in [1.82, 2.24) is 0 Å². The standard InChI is InChI=1S/C21H18O4/c1-13(14-6-8-15(22)9-7-14)21(25)19-5-3-2-4-17(19)18-11-10-16(23)12-20(18)24/h2-13,22-24H,1H3. The SMILES string of the molecule is CC(C(=O)c1ccccc1-c1ccc(O)cc1O)c1ccc(O)cc1. The van der Waals surface area contributed by atoms with E-state index in [0.29, 0.717) is 16.7 Å². The van der Waals surface area contributed by atoms with Crippen molar-refractivity contribution in [3.8, 4) is 28.4 Å². The van der Waals surface area contributed by atoms with Crippen molar-refractivity contribution in [2.45, 2.75) is 12.8 Å². The molecule has 126 valence electrons. The van der Waals surface area contributed by atoms with Gasteiger partial charge in [-0.25, -0.2) is 0 Å². The van der Waals surface area contributed by atoms with Crippen LogP contribution < -0.4 is 0 Å². The number of carbonyl (C=O) groups is 1. The Kier molecular flexibility index (Phi) is 4.44. The Labute approximate surface area is 145 Å². The first-order valence-corrected chi connectivity index (χ1v) is 7.92. The molecule has 4 heteroatoms. The minimum absolute atomic E-state index is 0.0393. The Bertz CT molecular complexity index is 913. The summed E-state index contributed by atoms with van der Waals surface area (Å²) >= 11 is 0. The number of phenols is 3. The summed E-state index contributed by atoms with van der Waals surface area (Å²) in [5.74, 6) is -0.465. The van der Waals surface area contributed by atoms with Gasteiger partial charge in [-0.15, -0.1) is 0 Å². The highest BCUT2D eigenvalue weighted by Gasteiger charge is 2.21. The Morgan fingerprint density at radius 3 is 2.12 bits per heavy atom. The van der Waals surface area contributed by atoms with Crippen molar-refractivity contribution in [1.29, 1.82) is 0 Å². The van der Waals surface area contributed by atoms with Crippen molar-refractivity contribution in [2.24, 2.45) is 0 Å². The number of benzene rings is 3. The quantitative estimate of drug-likeness (QED) is 0.616. The van der Waals surface area contributed by atoms with E-state index in [-0.39, 0.29) is 23.0 Å². The summed E-state index contributed by atoms with van der Waals surface area (Å²) in [6, 6.07) is 17.9. The fraction of sp³-hybridized carbons (Fsp3) is 0.0952. The summed E-state index contributed by atoms with van der Waals surface area (Å²) in [5.41, 5.74) is 2.38. The lowest BCUT2D eigenvalue weighted by atomic mass is 9.88. The van der Waals surface area contributed by atoms with Crippen LogP contribution in [0.4, 0.5) is 0 Å². The first-order valence-electron chi connectivity index (χ1n) is 7.92. The van der Waals surface area contributed by atoms with E-state index in [9.17, 15) is 20.1 Å². The Balaban J connectivity index is 2.03. The minimum Gasteiger partial charge on any atom is -0.508 e. The number of hydrogen-bond acceptors (Lipinski definition) is 4. The van der Waals surface area contributed by atoms with Crippen LogP contribution in [0, 0.1) is 0 Å². The van der Waals surface area contributed by atoms with Crippen LogP contribution in [0.5, 0.6) is 17.2 Å². The highest BCUT2D eigenvalue weighted by Crippen LogP contribution is 2.35. The molecule has 0 spiro atoms. The molecule has 0 saturated carbocycles. The maximum absolute atomic E-state index is 13.0. The maximum atomic E-state index is 13.0. The minimum atomic E-state index is -0.402. The summed E-state index contributed by atoms with van der Waals surface area (Å²) in [4.78, 5) is 13.0. The normalized spacial score (nSPS) is 11.9. The number of phenolic OH excluding ortho intramolecular Hbond substituents is 3. The lowest BCUT2D eigenvalue weighted by Gasteiger charge is -2.15. The second-order valence-electron chi connectivity index (χ2n) is 5.92. The third-order valence-corrected chi connectivity index (χ3v) is 4.25. The van der Waals surface area contributed by atoms with Crippen LogP contribution in [0.2, 0.25) is 0 Å². The zero-order valence-corrected chi connectivity index (χ0v) is 13.7. The molecule has 25 heavy (non-hydrogen) atoms. The van der Waals surface area contributed by atoms with Gasteiger partial charge in [0, 0.05) is 23.1 Å². The fourth-order valence-corrected chi connectivity index (χ4v) is 2.83. The van der Waals surface area contributed by atoms with Crippen LogP contribution in [0.3, 0.4) is 0 Å². The van der Waals surface area contributed by atoms with E-state index in [4.69, 9.17) is 0 Å². The van der Waals surface area contributed by atoms with Gasteiger partial charge in [0.05, 0.1) is 0 Å². The van der Waals surface area contributed by atoms with E-state index in [1.807, 2.05) is 6.92 Å². The summed E-state index contributed by atoms with van der Waals surface area (Å²) in [6.07, 6.45) is 0. The van der Waals surface area contributed by atoms with Crippen LogP contribution in [-0.2, 0) is 0 Å². The van der Waals surface area contributed by atoms with Gasteiger partial charge < -0.3 is 15.3 Å². The number of hydrogen-bond donors (Lipinski definition) is 3. The zero-order valence-electron chi connectivity index (χ0n) is 13.7. The molecule has 0 aliphatic heterocycles. The second kappa shape index (κ2) is 6.69. The summed E-state index contributed by atoms with van der Waals surface area (Å²) in [5, 5.41) is 29.0. The molecule has 0 aromatic heterocycles. The summed E-state index contributed by atoms with van der Waals surface area (Å²) in [7, 11) is 0. The number of aromatic hydroxyl groups is 3. The van der Waals surface area contributed by atoms with Crippen molar-refractivity contribution < 1.29 is 20.1 Å². The predicted octanol–water partition coefficient (Wildman–Crippen LogP) is 4.46. The van der Waals surface area contributed by atoms with E-state index in [2.05, 4.69) is 0 Å². The molecule has 0 heterocycles. The molecular weight excluding hydrogens is 316 g/mol. The molecule has 4 nitrogen and oxygen atoms in total. The fourth-order valence-electron chi connectivity index (χ4n) is 2.83. The third kappa shape index (κ3) is 3.33. The second-order valence-corrected chi connectivity index (χ2v) is 5.92. The van der Waals surface area contributed by atoms with Gasteiger partial charge >= 0.3 is 0 Å². The predicted molar refractivity (Wildman–Crippen MR) is 96.1 cm³/mol. The lowest BCUT2D eigenvalue weighted by molar-refractivity contribution is 0.0966. The number of ketones is 1. The molecule has 1 atom stereocenters. The van der Waals surface area contributed by atoms with E-state index in [0.717, 1.165) is 5.56 Å². The van der Waals surface area contributed by atoms with Gasteiger partial charge in [-0.3, -0.25) is 4.79 Å². The highest BCUT2D eigenvalue weighted by molar-refractivity contribution is 6.06. The van der Waals surface area contributed by atoms with Gasteiger partial charge in [0.25, 0.3) is 0 Å². The molecule has 0 aliphatic rings. The average molecular weight is 334 g/mol. The topological polar surface area (TPSA) is 77.8 Å². The number of carbonyl (C=O) groups excluding carboxylic acids is 1. The van der Waals surface area contributed by atoms with Gasteiger partial charge in [0.2, 0.25) is 0 Å². The smallest absolute Gasteiger partial charge is 0.170 e. The van der Waals surface area contributed by atoms with Gasteiger partial charge in [0.15, 0.2) is 5.78 Å². The molecule has 0 radical (unpaired) electrons. The van der Waals surface area contributed by atoms with Gasteiger partial charge in [-0.1, -0.05) is 43.3 Å². The molecular formula is C21H18O4. The molecule has 3 N–H and O–H groups in total. The van der Waals surface area contributed by atoms with Crippen molar-refractivity contribution in [3.63, 3.8) is 0 Å². The largest absolute Gasteiger partial charge is 0.508 e. The molecule has 0 saturated heterocycles. The summed E-state index contributed by atoms with van der Waals surface area (Å²) in [6.45, 7) is 1.81. The molecule has 3 rings (SSSR count). The van der Waals surface area contributed by atoms with Crippen LogP contribution >= 0.6 is 0 Å². The van der Waals surface area contributed by atoms with E-state index in [1.165, 1.54) is 12.1 Å².